The quantitative estimate of drug-likeness (QED) is 0.356. The van der Waals surface area contributed by atoms with Gasteiger partial charge in [0.2, 0.25) is 5.69 Å². The highest BCUT2D eigenvalue weighted by Crippen LogP contribution is 2.19. The normalized spacial score (nSPS) is 15.9. The Hall–Kier alpha value is -1.68. The van der Waals surface area contributed by atoms with E-state index in [-0.39, 0.29) is 5.90 Å². The fraction of sp³-hybridized carbons (Fsp3) is 0.333. The van der Waals surface area contributed by atoms with E-state index in [1.165, 1.54) is 42.1 Å². The molecule has 1 heterocycles. The van der Waals surface area contributed by atoms with Crippen LogP contribution in [0, 0.1) is 0 Å². The number of rotatable bonds is 2. The lowest BCUT2D eigenvalue weighted by Crippen LogP contribution is -2.34. The highest BCUT2D eigenvalue weighted by atomic mass is 32.1. The molecule has 0 saturated carbocycles. The zero-order valence-corrected chi connectivity index (χ0v) is 11.5. The molecule has 3 rings (SSSR count). The molecule has 2 aromatic rings. The summed E-state index contributed by atoms with van der Waals surface area (Å²) in [5.41, 5.74) is 3.24. The molecule has 0 saturated heterocycles. The van der Waals surface area contributed by atoms with E-state index in [0.717, 1.165) is 12.8 Å². The SMILES string of the molecule is [O-]/C(=N\[n+]1scc2c1CCCCC2)c1ccccc1. The Labute approximate surface area is 117 Å². The van der Waals surface area contributed by atoms with Gasteiger partial charge in [0.25, 0.3) is 0 Å². The second kappa shape index (κ2) is 5.53. The van der Waals surface area contributed by atoms with Gasteiger partial charge in [-0.25, -0.2) is 0 Å². The fourth-order valence-electron chi connectivity index (χ4n) is 2.42. The van der Waals surface area contributed by atoms with Gasteiger partial charge in [0.1, 0.15) is 0 Å². The first-order valence-electron chi connectivity index (χ1n) is 6.68. The summed E-state index contributed by atoms with van der Waals surface area (Å²) in [5, 5.41) is 18.5. The van der Waals surface area contributed by atoms with E-state index in [1.54, 1.807) is 12.1 Å². The second-order valence-corrected chi connectivity index (χ2v) is 5.59. The molecule has 98 valence electrons. The van der Waals surface area contributed by atoms with Crippen molar-refractivity contribution in [3.8, 4) is 0 Å². The topological polar surface area (TPSA) is 39.3 Å². The van der Waals surface area contributed by atoms with Crippen LogP contribution in [0.2, 0.25) is 0 Å². The summed E-state index contributed by atoms with van der Waals surface area (Å²) < 4.78 is 1.82. The van der Waals surface area contributed by atoms with Gasteiger partial charge in [0.05, 0.1) is 11.3 Å². The van der Waals surface area contributed by atoms with Crippen molar-refractivity contribution in [2.45, 2.75) is 32.1 Å². The van der Waals surface area contributed by atoms with Crippen molar-refractivity contribution in [1.29, 1.82) is 0 Å². The minimum absolute atomic E-state index is 0.167. The number of nitrogens with zero attached hydrogens (tertiary/aromatic N) is 2. The molecule has 1 aromatic carbocycles. The van der Waals surface area contributed by atoms with Crippen molar-refractivity contribution in [3.63, 3.8) is 0 Å². The maximum absolute atomic E-state index is 12.1. The van der Waals surface area contributed by atoms with Gasteiger partial charge in [0, 0.05) is 21.2 Å². The molecule has 0 aliphatic heterocycles. The molecule has 0 unspecified atom stereocenters. The summed E-state index contributed by atoms with van der Waals surface area (Å²) in [6.07, 6.45) is 5.86. The number of fused-ring (bicyclic) bond motifs is 1. The molecule has 1 aliphatic rings. The third kappa shape index (κ3) is 2.68. The predicted molar refractivity (Wildman–Crippen MR) is 74.2 cm³/mol. The summed E-state index contributed by atoms with van der Waals surface area (Å²) in [5.74, 6) is -0.167. The molecule has 1 aliphatic carbocycles. The highest BCUT2D eigenvalue weighted by Gasteiger charge is 2.22. The van der Waals surface area contributed by atoms with E-state index in [1.807, 2.05) is 22.3 Å². The van der Waals surface area contributed by atoms with Crippen LogP contribution in [0.25, 0.3) is 0 Å². The van der Waals surface area contributed by atoms with Crippen molar-refractivity contribution in [1.82, 2.24) is 0 Å². The number of hydrogen-bond donors (Lipinski definition) is 0. The van der Waals surface area contributed by atoms with Crippen LogP contribution in [0.5, 0.6) is 0 Å². The minimum atomic E-state index is -0.167. The van der Waals surface area contributed by atoms with E-state index >= 15 is 0 Å². The Kier molecular flexibility index (Phi) is 3.60. The zero-order chi connectivity index (χ0) is 13.1. The second-order valence-electron chi connectivity index (χ2n) is 4.80. The van der Waals surface area contributed by atoms with Gasteiger partial charge in [-0.2, -0.15) is 0 Å². The van der Waals surface area contributed by atoms with Crippen molar-refractivity contribution in [3.05, 3.63) is 52.5 Å². The summed E-state index contributed by atoms with van der Waals surface area (Å²) in [4.78, 5) is 0. The number of aryl methyl sites for hydroxylation is 1. The van der Waals surface area contributed by atoms with Crippen LogP contribution in [0.15, 0.2) is 40.8 Å². The fourth-order valence-corrected chi connectivity index (χ4v) is 3.36. The maximum Gasteiger partial charge on any atom is 0.234 e. The van der Waals surface area contributed by atoms with Crippen molar-refractivity contribution in [2.24, 2.45) is 5.10 Å². The number of aromatic nitrogens is 1. The molecule has 19 heavy (non-hydrogen) atoms. The molecule has 0 bridgehead atoms. The first-order valence-corrected chi connectivity index (χ1v) is 7.51. The molecular formula is C15H16N2OS. The largest absolute Gasteiger partial charge is 0.854 e. The van der Waals surface area contributed by atoms with Gasteiger partial charge in [-0.05, 0) is 24.8 Å². The van der Waals surface area contributed by atoms with Crippen LogP contribution in [0.1, 0.15) is 36.1 Å². The summed E-state index contributed by atoms with van der Waals surface area (Å²) in [7, 11) is 0. The van der Waals surface area contributed by atoms with Gasteiger partial charge in [-0.1, -0.05) is 36.8 Å². The lowest BCUT2D eigenvalue weighted by Gasteiger charge is -2.05. The van der Waals surface area contributed by atoms with Crippen LogP contribution in [0.3, 0.4) is 0 Å². The maximum atomic E-state index is 12.1. The van der Waals surface area contributed by atoms with Crippen LogP contribution in [-0.4, -0.2) is 5.90 Å². The highest BCUT2D eigenvalue weighted by molar-refractivity contribution is 6.99. The molecule has 0 fully saturated rings. The third-order valence-corrected chi connectivity index (χ3v) is 4.35. The third-order valence-electron chi connectivity index (χ3n) is 3.46. The monoisotopic (exact) mass is 272 g/mol. The predicted octanol–water partition coefficient (Wildman–Crippen LogP) is 1.87. The van der Waals surface area contributed by atoms with Gasteiger partial charge in [-0.3, -0.25) is 0 Å². The Balaban J connectivity index is 1.93. The number of benzene rings is 1. The van der Waals surface area contributed by atoms with Gasteiger partial charge < -0.3 is 5.11 Å². The van der Waals surface area contributed by atoms with E-state index in [9.17, 15) is 5.11 Å². The van der Waals surface area contributed by atoms with Crippen LogP contribution in [-0.2, 0) is 12.8 Å². The van der Waals surface area contributed by atoms with Crippen molar-refractivity contribution in [2.75, 3.05) is 0 Å². The smallest absolute Gasteiger partial charge is 0.234 e. The van der Waals surface area contributed by atoms with Crippen LogP contribution < -0.4 is 9.17 Å². The van der Waals surface area contributed by atoms with Crippen LogP contribution in [0.4, 0.5) is 0 Å². The van der Waals surface area contributed by atoms with Gasteiger partial charge in [-0.15, -0.1) is 0 Å². The summed E-state index contributed by atoms with van der Waals surface area (Å²) >= 11 is 1.53. The first kappa shape index (κ1) is 12.4. The number of hydrogen-bond acceptors (Lipinski definition) is 3. The van der Waals surface area contributed by atoms with E-state index in [4.69, 9.17) is 0 Å². The van der Waals surface area contributed by atoms with Crippen molar-refractivity contribution < 1.29 is 9.17 Å². The standard InChI is InChI=1S/C15H16N2OS/c18-15(12-7-3-1-4-8-12)16-17-14-10-6-2-5-9-13(14)11-19-17/h1,3-4,7-8,11H,2,5-6,9-10H2. The molecular weight excluding hydrogens is 256 g/mol. The molecule has 4 heteroatoms. The van der Waals surface area contributed by atoms with E-state index in [2.05, 4.69) is 10.5 Å². The Bertz CT molecular complexity index is 589. The van der Waals surface area contributed by atoms with E-state index in [0.29, 0.717) is 5.56 Å². The van der Waals surface area contributed by atoms with Gasteiger partial charge in [0.15, 0.2) is 11.5 Å². The molecule has 3 nitrogen and oxygen atoms in total. The average molecular weight is 272 g/mol. The lowest BCUT2D eigenvalue weighted by molar-refractivity contribution is -0.620. The Morgan fingerprint density at radius 3 is 2.74 bits per heavy atom. The van der Waals surface area contributed by atoms with E-state index < -0.39 is 0 Å². The Morgan fingerprint density at radius 1 is 1.11 bits per heavy atom. The Morgan fingerprint density at radius 2 is 1.89 bits per heavy atom. The van der Waals surface area contributed by atoms with Gasteiger partial charge >= 0.3 is 0 Å². The molecule has 0 atom stereocenters. The first-order chi connectivity index (χ1) is 9.34. The zero-order valence-electron chi connectivity index (χ0n) is 10.7. The lowest BCUT2D eigenvalue weighted by atomic mass is 10.2. The molecule has 0 N–H and O–H groups in total. The summed E-state index contributed by atoms with van der Waals surface area (Å²) in [6, 6.07) is 9.24. The van der Waals surface area contributed by atoms with Crippen molar-refractivity contribution >= 4 is 17.4 Å². The van der Waals surface area contributed by atoms with Crippen LogP contribution >= 0.6 is 11.5 Å². The minimum Gasteiger partial charge on any atom is -0.854 e. The summed E-state index contributed by atoms with van der Waals surface area (Å²) in [6.45, 7) is 0. The molecule has 0 radical (unpaired) electrons. The molecule has 0 amide bonds. The average Bonchev–Trinajstić information content (AvgIpc) is 2.68. The molecule has 1 aromatic heterocycles. The molecule has 0 spiro atoms.